The Morgan fingerprint density at radius 1 is 1.20 bits per heavy atom. The lowest BCUT2D eigenvalue weighted by Crippen LogP contribution is -2.42. The maximum absolute atomic E-state index is 12.1. The maximum atomic E-state index is 12.1. The first kappa shape index (κ1) is 16.0. The van der Waals surface area contributed by atoms with Gasteiger partial charge in [0.1, 0.15) is 5.75 Å². The maximum Gasteiger partial charge on any atom is 0.323 e. The Hall–Kier alpha value is -2.04. The number of aliphatic carboxylic acids is 1. The molecule has 0 aliphatic heterocycles. The number of esters is 1. The van der Waals surface area contributed by atoms with E-state index >= 15 is 0 Å². The Balaban J connectivity index is 3.11. The number of carbonyl (C=O) groups is 2. The van der Waals surface area contributed by atoms with Gasteiger partial charge in [-0.15, -0.1) is 0 Å². The monoisotopic (exact) mass is 280 g/mol. The molecule has 0 fully saturated rings. The molecular formula is C15H20O5. The molecule has 1 aromatic carbocycles. The predicted octanol–water partition coefficient (Wildman–Crippen LogP) is 2.37. The predicted molar refractivity (Wildman–Crippen MR) is 73.4 cm³/mol. The lowest BCUT2D eigenvalue weighted by molar-refractivity contribution is -0.169. The Bertz CT molecular complexity index is 466. The van der Waals surface area contributed by atoms with Crippen LogP contribution in [0.15, 0.2) is 24.3 Å². The van der Waals surface area contributed by atoms with Crippen molar-refractivity contribution < 1.29 is 24.5 Å². The summed E-state index contributed by atoms with van der Waals surface area (Å²) in [7, 11) is 0. The Morgan fingerprint density at radius 2 is 1.80 bits per heavy atom. The molecular weight excluding hydrogens is 260 g/mol. The van der Waals surface area contributed by atoms with E-state index in [9.17, 15) is 19.8 Å². The summed E-state index contributed by atoms with van der Waals surface area (Å²) < 4.78 is 4.95. The van der Waals surface area contributed by atoms with E-state index in [1.54, 1.807) is 19.1 Å². The molecule has 2 N–H and O–H groups in total. The van der Waals surface area contributed by atoms with Gasteiger partial charge in [0.15, 0.2) is 5.41 Å². The zero-order valence-corrected chi connectivity index (χ0v) is 11.8. The van der Waals surface area contributed by atoms with Crippen LogP contribution in [0.3, 0.4) is 0 Å². The summed E-state index contributed by atoms with van der Waals surface area (Å²) in [5.74, 6) is -1.78. The average molecular weight is 280 g/mol. The molecule has 5 heteroatoms. The zero-order valence-electron chi connectivity index (χ0n) is 11.8. The standard InChI is InChI=1S/C15H20O5/c1-3-9-15(13(17)18,14(19)20-4-2)10-11-5-7-12(16)8-6-11/h5-8,16H,3-4,9-10H2,1-2H3,(H,17,18). The molecule has 0 saturated heterocycles. The van der Waals surface area contributed by atoms with Crippen molar-refractivity contribution in [3.8, 4) is 5.75 Å². The summed E-state index contributed by atoms with van der Waals surface area (Å²) >= 11 is 0. The van der Waals surface area contributed by atoms with Crippen LogP contribution in [-0.4, -0.2) is 28.8 Å². The van der Waals surface area contributed by atoms with E-state index in [0.29, 0.717) is 12.0 Å². The highest BCUT2D eigenvalue weighted by Gasteiger charge is 2.46. The molecule has 0 radical (unpaired) electrons. The van der Waals surface area contributed by atoms with Crippen molar-refractivity contribution in [1.82, 2.24) is 0 Å². The summed E-state index contributed by atoms with van der Waals surface area (Å²) in [4.78, 5) is 23.8. The minimum Gasteiger partial charge on any atom is -0.508 e. The minimum absolute atomic E-state index is 0.0509. The van der Waals surface area contributed by atoms with Crippen LogP contribution in [0.4, 0.5) is 0 Å². The highest BCUT2D eigenvalue weighted by atomic mass is 16.5. The molecule has 20 heavy (non-hydrogen) atoms. The van der Waals surface area contributed by atoms with Gasteiger partial charge in [-0.3, -0.25) is 9.59 Å². The van der Waals surface area contributed by atoms with Crippen LogP contribution in [-0.2, 0) is 20.7 Å². The van der Waals surface area contributed by atoms with Gasteiger partial charge in [0, 0.05) is 0 Å². The number of carboxylic acids is 1. The molecule has 0 bridgehead atoms. The van der Waals surface area contributed by atoms with E-state index in [1.807, 2.05) is 6.92 Å². The molecule has 5 nitrogen and oxygen atoms in total. The van der Waals surface area contributed by atoms with Crippen LogP contribution in [0.5, 0.6) is 5.75 Å². The topological polar surface area (TPSA) is 83.8 Å². The van der Waals surface area contributed by atoms with Gasteiger partial charge in [-0.25, -0.2) is 0 Å². The molecule has 1 atom stereocenters. The van der Waals surface area contributed by atoms with Crippen molar-refractivity contribution >= 4 is 11.9 Å². The quantitative estimate of drug-likeness (QED) is 0.591. The highest BCUT2D eigenvalue weighted by Crippen LogP contribution is 2.31. The third-order valence-electron chi connectivity index (χ3n) is 3.19. The third kappa shape index (κ3) is 3.50. The normalized spacial score (nSPS) is 13.5. The van der Waals surface area contributed by atoms with Crippen molar-refractivity contribution in [1.29, 1.82) is 0 Å². The van der Waals surface area contributed by atoms with Crippen molar-refractivity contribution in [3.05, 3.63) is 29.8 Å². The van der Waals surface area contributed by atoms with Crippen molar-refractivity contribution in [2.24, 2.45) is 5.41 Å². The van der Waals surface area contributed by atoms with Gasteiger partial charge >= 0.3 is 11.9 Å². The van der Waals surface area contributed by atoms with Crippen LogP contribution in [0, 0.1) is 5.41 Å². The van der Waals surface area contributed by atoms with Gasteiger partial charge in [-0.1, -0.05) is 25.5 Å². The highest BCUT2D eigenvalue weighted by molar-refractivity contribution is 5.99. The van der Waals surface area contributed by atoms with Gasteiger partial charge < -0.3 is 14.9 Å². The van der Waals surface area contributed by atoms with E-state index in [4.69, 9.17) is 4.74 Å². The van der Waals surface area contributed by atoms with Crippen LogP contribution >= 0.6 is 0 Å². The third-order valence-corrected chi connectivity index (χ3v) is 3.19. The van der Waals surface area contributed by atoms with Crippen molar-refractivity contribution in [3.63, 3.8) is 0 Å². The van der Waals surface area contributed by atoms with Crippen LogP contribution in [0.2, 0.25) is 0 Å². The molecule has 1 rings (SSSR count). The average Bonchev–Trinajstić information content (AvgIpc) is 2.40. The van der Waals surface area contributed by atoms with Crippen molar-refractivity contribution in [2.45, 2.75) is 33.1 Å². The zero-order chi connectivity index (χ0) is 15.2. The molecule has 1 unspecified atom stereocenters. The molecule has 0 aliphatic carbocycles. The molecule has 0 amide bonds. The Labute approximate surface area is 118 Å². The second-order valence-corrected chi connectivity index (χ2v) is 4.70. The molecule has 0 aliphatic rings. The number of hydrogen-bond donors (Lipinski definition) is 2. The largest absolute Gasteiger partial charge is 0.508 e. The van der Waals surface area contributed by atoms with E-state index in [0.717, 1.165) is 0 Å². The first-order chi connectivity index (χ1) is 9.46. The van der Waals surface area contributed by atoms with E-state index in [2.05, 4.69) is 0 Å². The summed E-state index contributed by atoms with van der Waals surface area (Å²) in [5.41, 5.74) is -0.895. The molecule has 0 spiro atoms. The molecule has 1 aromatic rings. The first-order valence-electron chi connectivity index (χ1n) is 6.64. The number of hydrogen-bond acceptors (Lipinski definition) is 4. The van der Waals surface area contributed by atoms with Gasteiger partial charge in [-0.2, -0.15) is 0 Å². The van der Waals surface area contributed by atoms with Gasteiger partial charge in [-0.05, 0) is 37.5 Å². The first-order valence-corrected chi connectivity index (χ1v) is 6.64. The number of ether oxygens (including phenoxy) is 1. The minimum atomic E-state index is -1.57. The number of aromatic hydroxyl groups is 1. The summed E-state index contributed by atoms with van der Waals surface area (Å²) in [6.07, 6.45) is 0.820. The van der Waals surface area contributed by atoms with Crippen LogP contribution in [0.1, 0.15) is 32.3 Å². The van der Waals surface area contributed by atoms with Gasteiger partial charge in [0.25, 0.3) is 0 Å². The molecule has 0 heterocycles. The van der Waals surface area contributed by atoms with Crippen molar-refractivity contribution in [2.75, 3.05) is 6.61 Å². The van der Waals surface area contributed by atoms with Crippen LogP contribution in [0.25, 0.3) is 0 Å². The number of phenols is 1. The Morgan fingerprint density at radius 3 is 2.25 bits per heavy atom. The fraction of sp³-hybridized carbons (Fsp3) is 0.467. The summed E-state index contributed by atoms with van der Waals surface area (Å²) in [6.45, 7) is 3.62. The number of benzene rings is 1. The lowest BCUT2D eigenvalue weighted by atomic mass is 9.78. The second-order valence-electron chi connectivity index (χ2n) is 4.70. The number of rotatable bonds is 7. The second kappa shape index (κ2) is 6.93. The summed E-state index contributed by atoms with van der Waals surface area (Å²) in [5, 5.41) is 18.8. The molecule has 0 aromatic heterocycles. The molecule has 0 saturated carbocycles. The smallest absolute Gasteiger partial charge is 0.323 e. The number of carboxylic acid groups (broad SMARTS) is 1. The number of carbonyl (C=O) groups excluding carboxylic acids is 1. The van der Waals surface area contributed by atoms with Gasteiger partial charge in [0.2, 0.25) is 0 Å². The molecule has 110 valence electrons. The summed E-state index contributed by atoms with van der Waals surface area (Å²) in [6, 6.07) is 6.17. The number of phenolic OH excluding ortho intramolecular Hbond substituents is 1. The SMILES string of the molecule is CCCC(Cc1ccc(O)cc1)(C(=O)O)C(=O)OCC. The van der Waals surface area contributed by atoms with E-state index in [1.165, 1.54) is 12.1 Å². The lowest BCUT2D eigenvalue weighted by Gasteiger charge is -2.26. The fourth-order valence-electron chi connectivity index (χ4n) is 2.19. The fourth-order valence-corrected chi connectivity index (χ4v) is 2.19. The van der Waals surface area contributed by atoms with Gasteiger partial charge in [0.05, 0.1) is 6.61 Å². The Kier molecular flexibility index (Phi) is 5.55. The van der Waals surface area contributed by atoms with E-state index in [-0.39, 0.29) is 25.2 Å². The van der Waals surface area contributed by atoms with E-state index < -0.39 is 17.4 Å². The van der Waals surface area contributed by atoms with Crippen LogP contribution < -0.4 is 0 Å².